The number of nitrogens with zero attached hydrogens (tertiary/aromatic N) is 2. The summed E-state index contributed by atoms with van der Waals surface area (Å²) in [6.07, 6.45) is 4.55. The number of rotatable bonds is 3. The number of nitro benzene ring substituents is 1. The van der Waals surface area contributed by atoms with Gasteiger partial charge in [-0.15, -0.1) is 0 Å². The molecule has 4 rings (SSSR count). The van der Waals surface area contributed by atoms with Crippen LogP contribution in [0.15, 0.2) is 24.3 Å². The molecule has 0 unspecified atom stereocenters. The van der Waals surface area contributed by atoms with Gasteiger partial charge in [0.15, 0.2) is 0 Å². The maximum atomic E-state index is 12.6. The van der Waals surface area contributed by atoms with Crippen LogP contribution in [0.25, 0.3) is 10.9 Å². The van der Waals surface area contributed by atoms with E-state index in [1.54, 1.807) is 18.2 Å². The summed E-state index contributed by atoms with van der Waals surface area (Å²) < 4.78 is 0. The molecule has 2 saturated heterocycles. The molecule has 2 aromatic rings. The molecule has 0 saturated carbocycles. The third kappa shape index (κ3) is 2.54. The standard InChI is InChI=1S/C17H20N4O3/c22-17(19-12-7-9-20-8-2-1-5-14(12)20)13-10-11-4-3-6-15(21(23)24)16(11)18-13/h3-4,6,10,12,14,18H,1-2,5,7-9H2,(H,19,22)/t12-,14-/m1/s1. The van der Waals surface area contributed by atoms with Gasteiger partial charge in [0.05, 0.1) is 4.92 Å². The lowest BCUT2D eigenvalue weighted by atomic mass is 9.99. The summed E-state index contributed by atoms with van der Waals surface area (Å²) >= 11 is 0. The summed E-state index contributed by atoms with van der Waals surface area (Å²) in [6, 6.07) is 7.13. The van der Waals surface area contributed by atoms with Crippen molar-refractivity contribution in [2.45, 2.75) is 37.8 Å². The van der Waals surface area contributed by atoms with E-state index in [4.69, 9.17) is 0 Å². The van der Waals surface area contributed by atoms with Crippen LogP contribution in [0.1, 0.15) is 36.2 Å². The molecule has 0 aliphatic carbocycles. The summed E-state index contributed by atoms with van der Waals surface area (Å²) in [4.78, 5) is 28.7. The minimum atomic E-state index is -0.433. The smallest absolute Gasteiger partial charge is 0.293 e. The largest absolute Gasteiger partial charge is 0.346 e. The molecular weight excluding hydrogens is 308 g/mol. The molecule has 0 bridgehead atoms. The number of benzene rings is 1. The summed E-state index contributed by atoms with van der Waals surface area (Å²) in [5.41, 5.74) is 0.776. The van der Waals surface area contributed by atoms with Gasteiger partial charge in [-0.2, -0.15) is 0 Å². The number of piperidine rings is 1. The number of H-pyrrole nitrogens is 1. The molecule has 3 heterocycles. The van der Waals surface area contributed by atoms with Crippen LogP contribution in [0.3, 0.4) is 0 Å². The number of carbonyl (C=O) groups is 1. The van der Waals surface area contributed by atoms with E-state index in [1.165, 1.54) is 18.9 Å². The van der Waals surface area contributed by atoms with Crippen molar-refractivity contribution in [1.29, 1.82) is 0 Å². The van der Waals surface area contributed by atoms with Crippen LogP contribution in [0, 0.1) is 10.1 Å². The normalized spacial score (nSPS) is 24.0. The van der Waals surface area contributed by atoms with Crippen molar-refractivity contribution in [2.24, 2.45) is 0 Å². The topological polar surface area (TPSA) is 91.3 Å². The van der Waals surface area contributed by atoms with E-state index in [0.717, 1.165) is 25.9 Å². The second-order valence-electron chi connectivity index (χ2n) is 6.65. The first-order chi connectivity index (χ1) is 11.6. The molecule has 126 valence electrons. The fourth-order valence-corrected chi connectivity index (χ4v) is 4.08. The highest BCUT2D eigenvalue weighted by atomic mass is 16.6. The molecule has 7 nitrogen and oxygen atoms in total. The number of nitrogens with one attached hydrogen (secondary N) is 2. The van der Waals surface area contributed by atoms with Gasteiger partial charge >= 0.3 is 0 Å². The third-order valence-electron chi connectivity index (χ3n) is 5.25. The number of hydrogen-bond donors (Lipinski definition) is 2. The molecule has 7 heteroatoms. The van der Waals surface area contributed by atoms with E-state index in [0.29, 0.717) is 22.6 Å². The first-order valence-corrected chi connectivity index (χ1v) is 8.44. The Morgan fingerprint density at radius 3 is 3.00 bits per heavy atom. The quantitative estimate of drug-likeness (QED) is 0.669. The van der Waals surface area contributed by atoms with Crippen molar-refractivity contribution >= 4 is 22.5 Å². The molecule has 24 heavy (non-hydrogen) atoms. The van der Waals surface area contributed by atoms with Crippen LogP contribution < -0.4 is 5.32 Å². The summed E-state index contributed by atoms with van der Waals surface area (Å²) in [5, 5.41) is 14.9. The van der Waals surface area contributed by atoms with Crippen molar-refractivity contribution in [3.63, 3.8) is 0 Å². The van der Waals surface area contributed by atoms with Crippen LogP contribution in [0.5, 0.6) is 0 Å². The number of aromatic amines is 1. The number of aromatic nitrogens is 1. The number of carbonyl (C=O) groups excluding carboxylic acids is 1. The fourth-order valence-electron chi connectivity index (χ4n) is 4.08. The van der Waals surface area contributed by atoms with E-state index in [2.05, 4.69) is 15.2 Å². The van der Waals surface area contributed by atoms with Crippen LogP contribution in [-0.4, -0.2) is 45.9 Å². The lowest BCUT2D eigenvalue weighted by Gasteiger charge is -2.32. The number of nitro groups is 1. The SMILES string of the molecule is O=C(N[C@@H]1CCN2CCCC[C@H]12)c1cc2cccc([N+](=O)[O-])c2[nH]1. The van der Waals surface area contributed by atoms with E-state index in [-0.39, 0.29) is 17.6 Å². The zero-order valence-corrected chi connectivity index (χ0v) is 13.3. The van der Waals surface area contributed by atoms with Gasteiger partial charge in [0.25, 0.3) is 11.6 Å². The monoisotopic (exact) mass is 328 g/mol. The average molecular weight is 328 g/mol. The maximum absolute atomic E-state index is 12.6. The molecule has 0 spiro atoms. The average Bonchev–Trinajstić information content (AvgIpc) is 3.18. The highest BCUT2D eigenvalue weighted by molar-refractivity contribution is 6.00. The van der Waals surface area contributed by atoms with Gasteiger partial charge in [0, 0.05) is 30.1 Å². The Balaban J connectivity index is 1.55. The van der Waals surface area contributed by atoms with Gasteiger partial charge in [-0.1, -0.05) is 18.6 Å². The summed E-state index contributed by atoms with van der Waals surface area (Å²) in [6.45, 7) is 2.16. The van der Waals surface area contributed by atoms with Gasteiger partial charge in [-0.3, -0.25) is 19.8 Å². The van der Waals surface area contributed by atoms with Crippen LogP contribution in [0.2, 0.25) is 0 Å². The van der Waals surface area contributed by atoms with Crippen LogP contribution in [-0.2, 0) is 0 Å². The Kier molecular flexibility index (Phi) is 3.72. The summed E-state index contributed by atoms with van der Waals surface area (Å²) in [5.74, 6) is -0.182. The molecule has 1 aromatic carbocycles. The molecule has 2 N–H and O–H groups in total. The molecule has 2 fully saturated rings. The van der Waals surface area contributed by atoms with Gasteiger partial charge in [-0.25, -0.2) is 0 Å². The Hall–Kier alpha value is -2.41. The lowest BCUT2D eigenvalue weighted by Crippen LogP contribution is -2.46. The van der Waals surface area contributed by atoms with Gasteiger partial charge in [0.2, 0.25) is 0 Å². The maximum Gasteiger partial charge on any atom is 0.293 e. The van der Waals surface area contributed by atoms with Crippen LogP contribution in [0.4, 0.5) is 5.69 Å². The molecule has 2 aliphatic heterocycles. The number of para-hydroxylation sites is 1. The Morgan fingerprint density at radius 1 is 1.29 bits per heavy atom. The highest BCUT2D eigenvalue weighted by Crippen LogP contribution is 2.28. The zero-order chi connectivity index (χ0) is 16.7. The van der Waals surface area contributed by atoms with Gasteiger partial charge < -0.3 is 10.3 Å². The minimum absolute atomic E-state index is 0.00845. The van der Waals surface area contributed by atoms with Crippen molar-refractivity contribution in [3.05, 3.63) is 40.1 Å². The van der Waals surface area contributed by atoms with Crippen molar-refractivity contribution in [1.82, 2.24) is 15.2 Å². The molecular formula is C17H20N4O3. The van der Waals surface area contributed by atoms with E-state index < -0.39 is 4.92 Å². The number of hydrogen-bond acceptors (Lipinski definition) is 4. The molecule has 1 amide bonds. The number of fused-ring (bicyclic) bond motifs is 2. The Labute approximate surface area is 139 Å². The fraction of sp³-hybridized carbons (Fsp3) is 0.471. The Bertz CT molecular complexity index is 800. The van der Waals surface area contributed by atoms with Gasteiger partial charge in [-0.05, 0) is 31.9 Å². The molecule has 1 aromatic heterocycles. The van der Waals surface area contributed by atoms with Crippen molar-refractivity contribution < 1.29 is 9.72 Å². The zero-order valence-electron chi connectivity index (χ0n) is 13.3. The third-order valence-corrected chi connectivity index (χ3v) is 5.25. The molecule has 0 radical (unpaired) electrons. The predicted molar refractivity (Wildman–Crippen MR) is 90.0 cm³/mol. The second-order valence-corrected chi connectivity index (χ2v) is 6.65. The molecule has 2 atom stereocenters. The lowest BCUT2D eigenvalue weighted by molar-refractivity contribution is -0.383. The second kappa shape index (κ2) is 5.90. The Morgan fingerprint density at radius 2 is 2.17 bits per heavy atom. The first-order valence-electron chi connectivity index (χ1n) is 8.44. The van der Waals surface area contributed by atoms with Gasteiger partial charge in [0.1, 0.15) is 11.2 Å². The van der Waals surface area contributed by atoms with Crippen molar-refractivity contribution in [2.75, 3.05) is 13.1 Å². The van der Waals surface area contributed by atoms with E-state index >= 15 is 0 Å². The highest BCUT2D eigenvalue weighted by Gasteiger charge is 2.36. The van der Waals surface area contributed by atoms with Crippen LogP contribution >= 0.6 is 0 Å². The number of amides is 1. The predicted octanol–water partition coefficient (Wildman–Crippen LogP) is 2.43. The molecule has 2 aliphatic rings. The van der Waals surface area contributed by atoms with E-state index in [1.807, 2.05) is 0 Å². The number of non-ortho nitro benzene ring substituents is 1. The minimum Gasteiger partial charge on any atom is -0.346 e. The first kappa shape index (κ1) is 15.1. The summed E-state index contributed by atoms with van der Waals surface area (Å²) in [7, 11) is 0. The van der Waals surface area contributed by atoms with Crippen molar-refractivity contribution in [3.8, 4) is 0 Å². The van der Waals surface area contributed by atoms with E-state index in [9.17, 15) is 14.9 Å².